The molecular formula is C17H20FN5O. The highest BCUT2D eigenvalue weighted by molar-refractivity contribution is 5.84. The fourth-order valence-corrected chi connectivity index (χ4v) is 2.84. The molecule has 126 valence electrons. The average molecular weight is 329 g/mol. The highest BCUT2D eigenvalue weighted by Crippen LogP contribution is 2.20. The summed E-state index contributed by atoms with van der Waals surface area (Å²) in [6.45, 7) is 4.06. The van der Waals surface area contributed by atoms with Crippen LogP contribution in [0.4, 0.5) is 4.39 Å². The van der Waals surface area contributed by atoms with E-state index in [1.807, 2.05) is 14.0 Å². The number of aromatic nitrogens is 4. The fraction of sp³-hybridized carbons (Fsp3) is 0.353. The Balaban J connectivity index is 1.67. The normalized spacial score (nSPS) is 12.5. The number of aryl methyl sites for hydroxylation is 2. The van der Waals surface area contributed by atoms with Gasteiger partial charge in [0.15, 0.2) is 0 Å². The summed E-state index contributed by atoms with van der Waals surface area (Å²) in [6.07, 6.45) is 2.16. The summed E-state index contributed by atoms with van der Waals surface area (Å²) >= 11 is 0. The minimum atomic E-state index is -0.467. The Bertz CT molecular complexity index is 882. The van der Waals surface area contributed by atoms with E-state index in [-0.39, 0.29) is 11.7 Å². The average Bonchev–Trinajstić information content (AvgIpc) is 3.11. The van der Waals surface area contributed by atoms with Gasteiger partial charge in [0, 0.05) is 13.6 Å². The third kappa shape index (κ3) is 2.89. The Morgan fingerprint density at radius 2 is 2.12 bits per heavy atom. The van der Waals surface area contributed by atoms with E-state index >= 15 is 0 Å². The predicted octanol–water partition coefficient (Wildman–Crippen LogP) is 2.14. The number of hydrogen-bond donors (Lipinski definition) is 1. The number of carbonyl (C=O) groups is 1. The highest BCUT2D eigenvalue weighted by Gasteiger charge is 2.20. The summed E-state index contributed by atoms with van der Waals surface area (Å²) in [5.74, 6) is -0.404. The number of nitrogens with one attached hydrogen (secondary N) is 1. The molecule has 1 aromatic carbocycles. The van der Waals surface area contributed by atoms with Crippen LogP contribution in [-0.4, -0.2) is 32.0 Å². The van der Waals surface area contributed by atoms with Crippen molar-refractivity contribution in [3.8, 4) is 0 Å². The molecule has 0 aliphatic rings. The van der Waals surface area contributed by atoms with Crippen LogP contribution in [0.3, 0.4) is 0 Å². The Hall–Kier alpha value is -2.70. The third-order valence-electron chi connectivity index (χ3n) is 4.17. The zero-order valence-electron chi connectivity index (χ0n) is 14.0. The lowest BCUT2D eigenvalue weighted by Crippen LogP contribution is -2.33. The molecule has 0 aliphatic carbocycles. The van der Waals surface area contributed by atoms with Crippen molar-refractivity contribution in [3.63, 3.8) is 0 Å². The number of rotatable bonds is 5. The van der Waals surface area contributed by atoms with Crippen molar-refractivity contribution in [1.82, 2.24) is 24.9 Å². The number of benzene rings is 1. The monoisotopic (exact) mass is 329 g/mol. The molecule has 0 spiro atoms. The minimum Gasteiger partial charge on any atom is -0.354 e. The second-order valence-corrected chi connectivity index (χ2v) is 5.84. The maximum absolute atomic E-state index is 13.6. The molecule has 0 saturated heterocycles. The molecule has 0 bridgehead atoms. The SMILES string of the molecule is Cc1nn(C)c2cnn([C@H](C)C(=O)NCCc3ccccc3F)c12. The Morgan fingerprint density at radius 1 is 1.38 bits per heavy atom. The van der Waals surface area contributed by atoms with E-state index < -0.39 is 6.04 Å². The molecule has 1 N–H and O–H groups in total. The van der Waals surface area contributed by atoms with Crippen LogP contribution < -0.4 is 5.32 Å². The number of carbonyl (C=O) groups excluding carboxylic acids is 1. The van der Waals surface area contributed by atoms with Gasteiger partial charge in [-0.05, 0) is 31.9 Å². The van der Waals surface area contributed by atoms with E-state index in [1.165, 1.54) is 6.07 Å². The molecule has 1 atom stereocenters. The number of halogens is 1. The van der Waals surface area contributed by atoms with E-state index in [9.17, 15) is 9.18 Å². The molecule has 2 aromatic heterocycles. The number of amides is 1. The lowest BCUT2D eigenvalue weighted by molar-refractivity contribution is -0.124. The number of fused-ring (bicyclic) bond motifs is 1. The second-order valence-electron chi connectivity index (χ2n) is 5.84. The molecule has 7 heteroatoms. The molecule has 3 rings (SSSR count). The summed E-state index contributed by atoms with van der Waals surface area (Å²) < 4.78 is 17.0. The predicted molar refractivity (Wildman–Crippen MR) is 89.1 cm³/mol. The summed E-state index contributed by atoms with van der Waals surface area (Å²) in [4.78, 5) is 12.4. The van der Waals surface area contributed by atoms with Gasteiger partial charge in [-0.3, -0.25) is 9.48 Å². The number of hydrogen-bond acceptors (Lipinski definition) is 3. The van der Waals surface area contributed by atoms with Gasteiger partial charge < -0.3 is 5.32 Å². The third-order valence-corrected chi connectivity index (χ3v) is 4.17. The molecule has 0 fully saturated rings. The van der Waals surface area contributed by atoms with Gasteiger partial charge in [-0.15, -0.1) is 0 Å². The van der Waals surface area contributed by atoms with Crippen molar-refractivity contribution in [3.05, 3.63) is 47.5 Å². The van der Waals surface area contributed by atoms with Crippen LogP contribution in [0.25, 0.3) is 11.0 Å². The van der Waals surface area contributed by atoms with E-state index in [0.717, 1.165) is 16.7 Å². The van der Waals surface area contributed by atoms with Gasteiger partial charge in [0.2, 0.25) is 5.91 Å². The number of nitrogens with zero attached hydrogens (tertiary/aromatic N) is 4. The maximum atomic E-state index is 13.6. The molecular weight excluding hydrogens is 309 g/mol. The molecule has 2 heterocycles. The van der Waals surface area contributed by atoms with Crippen LogP contribution in [0.15, 0.2) is 30.5 Å². The van der Waals surface area contributed by atoms with Gasteiger partial charge in [0.1, 0.15) is 22.9 Å². The van der Waals surface area contributed by atoms with Crippen molar-refractivity contribution < 1.29 is 9.18 Å². The van der Waals surface area contributed by atoms with Crippen LogP contribution in [0.1, 0.15) is 24.2 Å². The molecule has 0 aliphatic heterocycles. The molecule has 0 saturated carbocycles. The standard InChI is InChI=1S/C17H20FN5O/c1-11-16-15(22(3)21-11)10-20-23(16)12(2)17(24)19-9-8-13-6-4-5-7-14(13)18/h4-7,10,12H,8-9H2,1-3H3,(H,19,24)/t12-/m1/s1. The Labute approximate surface area is 139 Å². The first-order valence-electron chi connectivity index (χ1n) is 7.87. The summed E-state index contributed by atoms with van der Waals surface area (Å²) in [7, 11) is 1.85. The first kappa shape index (κ1) is 16.2. The summed E-state index contributed by atoms with van der Waals surface area (Å²) in [5.41, 5.74) is 3.17. The van der Waals surface area contributed by atoms with Crippen LogP contribution in [-0.2, 0) is 18.3 Å². The molecule has 0 radical (unpaired) electrons. The topological polar surface area (TPSA) is 64.7 Å². The maximum Gasteiger partial charge on any atom is 0.244 e. The lowest BCUT2D eigenvalue weighted by Gasteiger charge is -2.13. The quantitative estimate of drug-likeness (QED) is 0.780. The van der Waals surface area contributed by atoms with Crippen LogP contribution in [0.2, 0.25) is 0 Å². The summed E-state index contributed by atoms with van der Waals surface area (Å²) in [5, 5.41) is 11.5. The van der Waals surface area contributed by atoms with E-state index in [4.69, 9.17) is 0 Å². The fourth-order valence-electron chi connectivity index (χ4n) is 2.84. The molecule has 3 aromatic rings. The Morgan fingerprint density at radius 3 is 2.88 bits per heavy atom. The second kappa shape index (κ2) is 6.43. The van der Waals surface area contributed by atoms with Crippen molar-refractivity contribution in [2.24, 2.45) is 7.05 Å². The minimum absolute atomic E-state index is 0.153. The molecule has 1 amide bonds. The zero-order chi connectivity index (χ0) is 17.3. The van der Waals surface area contributed by atoms with E-state index in [2.05, 4.69) is 15.5 Å². The van der Waals surface area contributed by atoms with Crippen molar-refractivity contribution in [2.45, 2.75) is 26.3 Å². The van der Waals surface area contributed by atoms with Gasteiger partial charge in [-0.1, -0.05) is 18.2 Å². The van der Waals surface area contributed by atoms with Gasteiger partial charge in [-0.25, -0.2) is 9.07 Å². The summed E-state index contributed by atoms with van der Waals surface area (Å²) in [6, 6.07) is 6.12. The van der Waals surface area contributed by atoms with Gasteiger partial charge in [0.05, 0.1) is 11.9 Å². The van der Waals surface area contributed by atoms with Crippen molar-refractivity contribution in [2.75, 3.05) is 6.54 Å². The smallest absolute Gasteiger partial charge is 0.244 e. The van der Waals surface area contributed by atoms with Gasteiger partial charge in [0.25, 0.3) is 0 Å². The van der Waals surface area contributed by atoms with Gasteiger partial charge >= 0.3 is 0 Å². The highest BCUT2D eigenvalue weighted by atomic mass is 19.1. The Kier molecular flexibility index (Phi) is 4.33. The first-order valence-corrected chi connectivity index (χ1v) is 7.87. The van der Waals surface area contributed by atoms with E-state index in [0.29, 0.717) is 18.5 Å². The van der Waals surface area contributed by atoms with Crippen molar-refractivity contribution in [1.29, 1.82) is 0 Å². The first-order chi connectivity index (χ1) is 11.5. The van der Waals surface area contributed by atoms with Crippen molar-refractivity contribution >= 4 is 16.9 Å². The molecule has 24 heavy (non-hydrogen) atoms. The van der Waals surface area contributed by atoms with E-state index in [1.54, 1.807) is 40.7 Å². The van der Waals surface area contributed by atoms with Crippen LogP contribution in [0.5, 0.6) is 0 Å². The molecule has 0 unspecified atom stereocenters. The largest absolute Gasteiger partial charge is 0.354 e. The van der Waals surface area contributed by atoms with Crippen LogP contribution in [0, 0.1) is 12.7 Å². The molecule has 6 nitrogen and oxygen atoms in total. The zero-order valence-corrected chi connectivity index (χ0v) is 14.0. The van der Waals surface area contributed by atoms with Crippen LogP contribution >= 0.6 is 0 Å². The van der Waals surface area contributed by atoms with Gasteiger partial charge in [-0.2, -0.15) is 10.2 Å². The lowest BCUT2D eigenvalue weighted by atomic mass is 10.1.